The largest absolute Gasteiger partial charge is 0.317 e. The van der Waals surface area contributed by atoms with Crippen LogP contribution in [0, 0.1) is 11.6 Å². The Bertz CT molecular complexity index is 1100. The normalized spacial score (nSPS) is 11.1. The number of benzene rings is 3. The summed E-state index contributed by atoms with van der Waals surface area (Å²) >= 11 is 0. The van der Waals surface area contributed by atoms with Crippen LogP contribution >= 0.6 is 0 Å². The maximum atomic E-state index is 13.8. The molecule has 28 heavy (non-hydrogen) atoms. The van der Waals surface area contributed by atoms with Gasteiger partial charge in [0.05, 0.1) is 16.1 Å². The number of hydrogen-bond acceptors (Lipinski definition) is 3. The third kappa shape index (κ3) is 3.72. The van der Waals surface area contributed by atoms with Crippen molar-refractivity contribution in [3.8, 4) is 0 Å². The molecule has 0 heterocycles. The molecule has 3 aromatic rings. The van der Waals surface area contributed by atoms with Gasteiger partial charge in [-0.15, -0.1) is 0 Å². The topological polar surface area (TPSA) is 66.5 Å². The SMILES string of the molecule is CN(c1ccccc1C(=O)Nc1c(F)cccc1F)S(=O)(=O)c1ccccc1. The van der Waals surface area contributed by atoms with E-state index in [9.17, 15) is 22.0 Å². The van der Waals surface area contributed by atoms with Gasteiger partial charge in [-0.25, -0.2) is 17.2 Å². The highest BCUT2D eigenvalue weighted by Gasteiger charge is 2.25. The smallest absolute Gasteiger partial charge is 0.264 e. The Labute approximate surface area is 161 Å². The molecule has 1 amide bonds. The molecule has 0 atom stereocenters. The zero-order valence-electron chi connectivity index (χ0n) is 14.8. The minimum Gasteiger partial charge on any atom is -0.317 e. The summed E-state index contributed by atoms with van der Waals surface area (Å²) < 4.78 is 54.3. The van der Waals surface area contributed by atoms with Gasteiger partial charge in [-0.3, -0.25) is 9.10 Å². The van der Waals surface area contributed by atoms with Crippen LogP contribution in [0.5, 0.6) is 0 Å². The lowest BCUT2D eigenvalue weighted by Gasteiger charge is -2.22. The summed E-state index contributed by atoms with van der Waals surface area (Å²) in [5, 5.41) is 2.17. The van der Waals surface area contributed by atoms with Crippen LogP contribution < -0.4 is 9.62 Å². The molecular formula is C20H16F2N2O3S. The Morgan fingerprint density at radius 3 is 2.07 bits per heavy atom. The number of anilines is 2. The second-order valence-corrected chi connectivity index (χ2v) is 7.82. The van der Waals surface area contributed by atoms with Crippen molar-refractivity contribution in [3.63, 3.8) is 0 Å². The van der Waals surface area contributed by atoms with Gasteiger partial charge in [-0.2, -0.15) is 0 Å². The number of hydrogen-bond donors (Lipinski definition) is 1. The number of para-hydroxylation sites is 2. The van der Waals surface area contributed by atoms with Gasteiger partial charge in [0.2, 0.25) is 0 Å². The predicted octanol–water partition coefficient (Wildman–Crippen LogP) is 4.04. The highest BCUT2D eigenvalue weighted by molar-refractivity contribution is 7.92. The first-order valence-corrected chi connectivity index (χ1v) is 9.65. The molecule has 0 saturated heterocycles. The summed E-state index contributed by atoms with van der Waals surface area (Å²) in [6.45, 7) is 0. The molecule has 0 bridgehead atoms. The lowest BCUT2D eigenvalue weighted by Crippen LogP contribution is -2.29. The van der Waals surface area contributed by atoms with E-state index in [1.165, 1.54) is 43.4 Å². The van der Waals surface area contributed by atoms with E-state index in [2.05, 4.69) is 5.32 Å². The number of halogens is 2. The fourth-order valence-corrected chi connectivity index (χ4v) is 3.85. The van der Waals surface area contributed by atoms with Crippen LogP contribution in [0.1, 0.15) is 10.4 Å². The molecule has 3 rings (SSSR count). The fraction of sp³-hybridized carbons (Fsp3) is 0.0500. The maximum Gasteiger partial charge on any atom is 0.264 e. The molecule has 0 aliphatic carbocycles. The molecule has 1 N–H and O–H groups in total. The summed E-state index contributed by atoms with van der Waals surface area (Å²) in [6.07, 6.45) is 0. The molecular weight excluding hydrogens is 386 g/mol. The van der Waals surface area contributed by atoms with Crippen LogP contribution in [-0.2, 0) is 10.0 Å². The molecule has 0 unspecified atom stereocenters. The Balaban J connectivity index is 1.98. The van der Waals surface area contributed by atoms with Crippen molar-refractivity contribution in [3.05, 3.63) is 90.0 Å². The number of rotatable bonds is 5. The number of amides is 1. The van der Waals surface area contributed by atoms with Gasteiger partial charge < -0.3 is 5.32 Å². The number of nitrogens with zero attached hydrogens (tertiary/aromatic N) is 1. The van der Waals surface area contributed by atoms with E-state index in [0.717, 1.165) is 16.4 Å². The summed E-state index contributed by atoms with van der Waals surface area (Å²) in [5.74, 6) is -2.71. The van der Waals surface area contributed by atoms with Crippen LogP contribution in [0.15, 0.2) is 77.7 Å². The lowest BCUT2D eigenvalue weighted by atomic mass is 10.1. The third-order valence-electron chi connectivity index (χ3n) is 4.09. The molecule has 0 saturated carbocycles. The zero-order valence-corrected chi connectivity index (χ0v) is 15.6. The van der Waals surface area contributed by atoms with Gasteiger partial charge in [-0.05, 0) is 36.4 Å². The quantitative estimate of drug-likeness (QED) is 0.700. The second-order valence-electron chi connectivity index (χ2n) is 5.85. The highest BCUT2D eigenvalue weighted by Crippen LogP contribution is 2.27. The standard InChI is InChI=1S/C20H16F2N2O3S/c1-24(28(26,27)14-8-3-2-4-9-14)18-13-6-5-10-15(18)20(25)23-19-16(21)11-7-12-17(19)22/h2-13H,1H3,(H,23,25). The van der Waals surface area contributed by atoms with Crippen molar-refractivity contribution in [2.24, 2.45) is 0 Å². The first-order chi connectivity index (χ1) is 13.3. The van der Waals surface area contributed by atoms with E-state index >= 15 is 0 Å². The minimum atomic E-state index is -3.93. The van der Waals surface area contributed by atoms with Gasteiger partial charge in [0.25, 0.3) is 15.9 Å². The van der Waals surface area contributed by atoms with Crippen LogP contribution in [-0.4, -0.2) is 21.4 Å². The third-order valence-corrected chi connectivity index (χ3v) is 5.88. The average Bonchev–Trinajstić information content (AvgIpc) is 2.70. The zero-order chi connectivity index (χ0) is 20.3. The van der Waals surface area contributed by atoms with E-state index in [4.69, 9.17) is 0 Å². The number of nitrogens with one attached hydrogen (secondary N) is 1. The van der Waals surface area contributed by atoms with Crippen LogP contribution in [0.3, 0.4) is 0 Å². The van der Waals surface area contributed by atoms with E-state index in [0.29, 0.717) is 0 Å². The maximum absolute atomic E-state index is 13.8. The molecule has 0 aliphatic rings. The summed E-state index contributed by atoms with van der Waals surface area (Å²) in [5.41, 5.74) is -0.580. The Morgan fingerprint density at radius 1 is 0.857 bits per heavy atom. The van der Waals surface area contributed by atoms with Gasteiger partial charge in [0.1, 0.15) is 17.3 Å². The van der Waals surface area contributed by atoms with E-state index in [-0.39, 0.29) is 16.1 Å². The fourth-order valence-electron chi connectivity index (χ4n) is 2.62. The van der Waals surface area contributed by atoms with Crippen LogP contribution in [0.4, 0.5) is 20.2 Å². The van der Waals surface area contributed by atoms with Crippen LogP contribution in [0.25, 0.3) is 0 Å². The van der Waals surface area contributed by atoms with Crippen LogP contribution in [0.2, 0.25) is 0 Å². The monoisotopic (exact) mass is 402 g/mol. The van der Waals surface area contributed by atoms with E-state index in [1.54, 1.807) is 24.3 Å². The Morgan fingerprint density at radius 2 is 1.43 bits per heavy atom. The molecule has 8 heteroatoms. The van der Waals surface area contributed by atoms with Gasteiger partial charge in [-0.1, -0.05) is 36.4 Å². The first-order valence-electron chi connectivity index (χ1n) is 8.20. The molecule has 0 aromatic heterocycles. The summed E-state index contributed by atoms with van der Waals surface area (Å²) in [4.78, 5) is 12.7. The minimum absolute atomic E-state index is 0.0489. The van der Waals surface area contributed by atoms with Gasteiger partial charge in [0, 0.05) is 7.05 Å². The van der Waals surface area contributed by atoms with E-state index < -0.39 is 33.3 Å². The summed E-state index contributed by atoms with van der Waals surface area (Å²) in [6, 6.07) is 16.8. The molecule has 0 aliphatic heterocycles. The number of sulfonamides is 1. The Hall–Kier alpha value is -3.26. The van der Waals surface area contributed by atoms with E-state index in [1.807, 2.05) is 0 Å². The van der Waals surface area contributed by atoms with Gasteiger partial charge >= 0.3 is 0 Å². The molecule has 0 fully saturated rings. The molecule has 3 aromatic carbocycles. The number of carbonyl (C=O) groups is 1. The number of carbonyl (C=O) groups excluding carboxylic acids is 1. The van der Waals surface area contributed by atoms with Crippen molar-refractivity contribution >= 4 is 27.3 Å². The second kappa shape index (κ2) is 7.77. The first kappa shape index (κ1) is 19.5. The molecule has 0 spiro atoms. The van der Waals surface area contributed by atoms with Gasteiger partial charge in [0.15, 0.2) is 0 Å². The van der Waals surface area contributed by atoms with Crippen molar-refractivity contribution in [1.29, 1.82) is 0 Å². The van der Waals surface area contributed by atoms with Crippen molar-refractivity contribution in [2.75, 3.05) is 16.7 Å². The molecule has 144 valence electrons. The van der Waals surface area contributed by atoms with Crippen molar-refractivity contribution in [2.45, 2.75) is 4.90 Å². The highest BCUT2D eigenvalue weighted by atomic mass is 32.2. The average molecular weight is 402 g/mol. The van der Waals surface area contributed by atoms with Crippen molar-refractivity contribution in [1.82, 2.24) is 0 Å². The lowest BCUT2D eigenvalue weighted by molar-refractivity contribution is 0.102. The summed E-state index contributed by atoms with van der Waals surface area (Å²) in [7, 11) is -2.63. The predicted molar refractivity (Wildman–Crippen MR) is 103 cm³/mol. The van der Waals surface area contributed by atoms with Crippen molar-refractivity contribution < 1.29 is 22.0 Å². The molecule has 5 nitrogen and oxygen atoms in total. The Kier molecular flexibility index (Phi) is 5.41. The molecule has 0 radical (unpaired) electrons.